The van der Waals surface area contributed by atoms with Crippen molar-refractivity contribution in [1.82, 2.24) is 14.5 Å². The van der Waals surface area contributed by atoms with Crippen LogP contribution in [0, 0.1) is 6.92 Å². The standard InChI is InChI=1S/C22H25N5O2S/c1-15-9-11-16(12-10-15)30(28,29)20-19-22(25-18-8-5-4-7-17(18)24-19)27(21(20)23)14-6-13-26(2)3/h4-5,7-12H,6,13-14,23H2,1-3H3/p+1. The Balaban J connectivity index is 1.97. The van der Waals surface area contributed by atoms with Gasteiger partial charge in [-0.1, -0.05) is 29.8 Å². The highest BCUT2D eigenvalue weighted by Crippen LogP contribution is 2.35. The summed E-state index contributed by atoms with van der Waals surface area (Å²) in [5.41, 5.74) is 9.61. The molecule has 8 heteroatoms. The van der Waals surface area contributed by atoms with Crippen molar-refractivity contribution in [3.05, 3.63) is 54.1 Å². The fourth-order valence-corrected chi connectivity index (χ4v) is 5.11. The van der Waals surface area contributed by atoms with Crippen molar-refractivity contribution in [1.29, 1.82) is 0 Å². The molecule has 7 nitrogen and oxygen atoms in total. The average molecular weight is 425 g/mol. The van der Waals surface area contributed by atoms with Crippen molar-refractivity contribution >= 4 is 37.9 Å². The van der Waals surface area contributed by atoms with Crippen LogP contribution in [0.1, 0.15) is 12.0 Å². The Bertz CT molecular complexity index is 1330. The number of nitrogens with one attached hydrogen (secondary N) is 1. The maximum absolute atomic E-state index is 13.5. The van der Waals surface area contributed by atoms with E-state index in [0.717, 1.165) is 18.5 Å². The van der Waals surface area contributed by atoms with Gasteiger partial charge < -0.3 is 15.2 Å². The van der Waals surface area contributed by atoms with Gasteiger partial charge >= 0.3 is 0 Å². The Labute approximate surface area is 176 Å². The lowest BCUT2D eigenvalue weighted by Gasteiger charge is -2.10. The van der Waals surface area contributed by atoms with Crippen molar-refractivity contribution in [3.8, 4) is 0 Å². The number of hydrogen-bond acceptors (Lipinski definition) is 5. The largest absolute Gasteiger partial charge is 0.384 e. The zero-order valence-corrected chi connectivity index (χ0v) is 18.2. The third-order valence-electron chi connectivity index (χ3n) is 5.20. The highest BCUT2D eigenvalue weighted by molar-refractivity contribution is 7.92. The summed E-state index contributed by atoms with van der Waals surface area (Å²) in [4.78, 5) is 10.9. The first-order valence-corrected chi connectivity index (χ1v) is 11.4. The first-order valence-electron chi connectivity index (χ1n) is 9.94. The zero-order chi connectivity index (χ0) is 21.5. The van der Waals surface area contributed by atoms with Gasteiger partial charge in [0.25, 0.3) is 0 Å². The van der Waals surface area contributed by atoms with E-state index in [-0.39, 0.29) is 15.6 Å². The smallest absolute Gasteiger partial charge is 0.212 e. The van der Waals surface area contributed by atoms with Crippen LogP contribution in [0.5, 0.6) is 0 Å². The maximum Gasteiger partial charge on any atom is 0.212 e. The number of nitrogens with zero attached hydrogens (tertiary/aromatic N) is 3. The lowest BCUT2D eigenvalue weighted by Crippen LogP contribution is -3.05. The third-order valence-corrected chi connectivity index (χ3v) is 7.04. The SMILES string of the molecule is Cc1ccc(S(=O)(=O)c2c(N)n(CCC[NH+](C)C)c3nc4ccccc4nc23)cc1. The lowest BCUT2D eigenvalue weighted by atomic mass is 10.2. The summed E-state index contributed by atoms with van der Waals surface area (Å²) in [7, 11) is 0.306. The van der Waals surface area contributed by atoms with Gasteiger partial charge in [-0.25, -0.2) is 18.4 Å². The molecule has 0 aliphatic carbocycles. The first kappa shape index (κ1) is 20.3. The van der Waals surface area contributed by atoms with Crippen molar-refractivity contribution in [2.45, 2.75) is 29.7 Å². The van der Waals surface area contributed by atoms with Gasteiger partial charge in [-0.15, -0.1) is 0 Å². The molecule has 0 fully saturated rings. The molecule has 2 aromatic heterocycles. The minimum absolute atomic E-state index is 0.0387. The van der Waals surface area contributed by atoms with E-state index in [1.54, 1.807) is 28.8 Å². The molecule has 156 valence electrons. The number of anilines is 1. The summed E-state index contributed by atoms with van der Waals surface area (Å²) in [5, 5.41) is 0. The Morgan fingerprint density at radius 1 is 1.00 bits per heavy atom. The molecule has 0 amide bonds. The van der Waals surface area contributed by atoms with Gasteiger partial charge in [0.1, 0.15) is 16.2 Å². The molecular weight excluding hydrogens is 398 g/mol. The summed E-state index contributed by atoms with van der Waals surface area (Å²) in [5.74, 6) is 0.189. The number of sulfone groups is 1. The molecule has 2 heterocycles. The second kappa shape index (κ2) is 7.70. The lowest BCUT2D eigenvalue weighted by molar-refractivity contribution is -0.858. The molecule has 0 aliphatic rings. The van der Waals surface area contributed by atoms with E-state index >= 15 is 0 Å². The molecular formula is C22H26N5O2S+. The predicted octanol–water partition coefficient (Wildman–Crippen LogP) is 1.84. The summed E-state index contributed by atoms with van der Waals surface area (Å²) >= 11 is 0. The maximum atomic E-state index is 13.5. The summed E-state index contributed by atoms with van der Waals surface area (Å²) in [6.45, 7) is 3.42. The van der Waals surface area contributed by atoms with Gasteiger partial charge in [0, 0.05) is 13.0 Å². The van der Waals surface area contributed by atoms with Gasteiger partial charge in [-0.3, -0.25) is 0 Å². The zero-order valence-electron chi connectivity index (χ0n) is 17.4. The number of nitrogen functional groups attached to an aromatic ring is 1. The van der Waals surface area contributed by atoms with Gasteiger partial charge in [0.15, 0.2) is 5.65 Å². The van der Waals surface area contributed by atoms with Crippen molar-refractivity contribution < 1.29 is 13.3 Å². The number of aryl methyl sites for hydroxylation is 2. The molecule has 0 bridgehead atoms. The summed E-state index contributed by atoms with van der Waals surface area (Å²) < 4.78 is 28.9. The van der Waals surface area contributed by atoms with Crippen LogP contribution in [0.2, 0.25) is 0 Å². The number of aromatic nitrogens is 3. The fourth-order valence-electron chi connectivity index (χ4n) is 3.61. The van der Waals surface area contributed by atoms with Gasteiger partial charge in [0.05, 0.1) is 36.6 Å². The van der Waals surface area contributed by atoms with E-state index in [4.69, 9.17) is 10.7 Å². The summed E-state index contributed by atoms with van der Waals surface area (Å²) in [6.07, 6.45) is 0.842. The first-order chi connectivity index (χ1) is 14.3. The Morgan fingerprint density at radius 2 is 1.63 bits per heavy atom. The number of para-hydroxylation sites is 2. The molecule has 4 rings (SSSR count). The fraction of sp³-hybridized carbons (Fsp3) is 0.273. The van der Waals surface area contributed by atoms with Crippen LogP contribution in [0.15, 0.2) is 58.3 Å². The molecule has 4 aromatic rings. The number of benzene rings is 2. The van der Waals surface area contributed by atoms with E-state index in [1.165, 1.54) is 4.90 Å². The molecule has 0 aliphatic heterocycles. The van der Waals surface area contributed by atoms with Crippen LogP contribution >= 0.6 is 0 Å². The Kier molecular flexibility index (Phi) is 5.21. The van der Waals surface area contributed by atoms with E-state index in [9.17, 15) is 8.42 Å². The minimum atomic E-state index is -3.86. The number of hydrogen-bond donors (Lipinski definition) is 2. The van der Waals surface area contributed by atoms with E-state index < -0.39 is 9.84 Å². The van der Waals surface area contributed by atoms with Crippen LogP contribution < -0.4 is 10.6 Å². The van der Waals surface area contributed by atoms with Crippen molar-refractivity contribution in [2.24, 2.45) is 0 Å². The molecule has 0 saturated carbocycles. The predicted molar refractivity (Wildman–Crippen MR) is 118 cm³/mol. The van der Waals surface area contributed by atoms with Gasteiger partial charge in [-0.05, 0) is 31.2 Å². The van der Waals surface area contributed by atoms with Crippen molar-refractivity contribution in [2.75, 3.05) is 26.4 Å². The van der Waals surface area contributed by atoms with Crippen LogP contribution in [0.3, 0.4) is 0 Å². The highest BCUT2D eigenvalue weighted by Gasteiger charge is 2.30. The van der Waals surface area contributed by atoms with Crippen LogP contribution in [-0.4, -0.2) is 43.6 Å². The number of quaternary nitrogens is 1. The van der Waals surface area contributed by atoms with E-state index in [2.05, 4.69) is 19.1 Å². The van der Waals surface area contributed by atoms with Gasteiger partial charge in [0.2, 0.25) is 9.84 Å². The van der Waals surface area contributed by atoms with Crippen LogP contribution in [0.4, 0.5) is 5.82 Å². The van der Waals surface area contributed by atoms with Crippen LogP contribution in [-0.2, 0) is 16.4 Å². The summed E-state index contributed by atoms with van der Waals surface area (Å²) in [6, 6.07) is 14.2. The Hall–Kier alpha value is -2.97. The van der Waals surface area contributed by atoms with Gasteiger partial charge in [-0.2, -0.15) is 0 Å². The quantitative estimate of drug-likeness (QED) is 0.492. The monoisotopic (exact) mass is 424 g/mol. The molecule has 3 N–H and O–H groups in total. The Morgan fingerprint density at radius 3 is 2.27 bits per heavy atom. The second-order valence-corrected chi connectivity index (χ2v) is 9.76. The number of nitrogens with two attached hydrogens (primary N) is 1. The second-order valence-electron chi connectivity index (χ2n) is 7.88. The molecule has 0 saturated heterocycles. The van der Waals surface area contributed by atoms with Crippen molar-refractivity contribution in [3.63, 3.8) is 0 Å². The molecule has 0 atom stereocenters. The molecule has 0 radical (unpaired) electrons. The van der Waals surface area contributed by atoms with Crippen LogP contribution in [0.25, 0.3) is 22.2 Å². The topological polar surface area (TPSA) is 95.3 Å². The molecule has 2 aromatic carbocycles. The number of rotatable bonds is 6. The minimum Gasteiger partial charge on any atom is -0.384 e. The number of fused-ring (bicyclic) bond motifs is 2. The molecule has 0 spiro atoms. The highest BCUT2D eigenvalue weighted by atomic mass is 32.2. The normalized spacial score (nSPS) is 12.3. The molecule has 0 unspecified atom stereocenters. The van der Waals surface area contributed by atoms with E-state index in [0.29, 0.717) is 28.7 Å². The molecule has 30 heavy (non-hydrogen) atoms. The van der Waals surface area contributed by atoms with E-state index in [1.807, 2.05) is 31.2 Å². The average Bonchev–Trinajstić information content (AvgIpc) is 2.97. The third kappa shape index (κ3) is 3.53.